The van der Waals surface area contributed by atoms with E-state index in [1.807, 2.05) is 0 Å². The first-order chi connectivity index (χ1) is 5.83. The second-order valence-electron chi connectivity index (χ2n) is 2.22. The van der Waals surface area contributed by atoms with Gasteiger partial charge in [0.05, 0.1) is 6.61 Å². The molecule has 5 nitrogen and oxygen atoms in total. The van der Waals surface area contributed by atoms with Gasteiger partial charge in [0.25, 0.3) is 0 Å². The third-order valence-electron chi connectivity index (χ3n) is 1.27. The molecule has 0 aromatic carbocycles. The number of nitrogens with zero attached hydrogens (tertiary/aromatic N) is 2. The number of anilines is 2. The summed E-state index contributed by atoms with van der Waals surface area (Å²) in [7, 11) is 1.64. The monoisotopic (exact) mass is 168 g/mol. The van der Waals surface area contributed by atoms with Crippen molar-refractivity contribution >= 4 is 11.8 Å². The van der Waals surface area contributed by atoms with E-state index in [0.717, 1.165) is 0 Å². The number of methoxy groups -OCH3 is 1. The van der Waals surface area contributed by atoms with E-state index in [1.54, 1.807) is 19.4 Å². The van der Waals surface area contributed by atoms with Crippen LogP contribution in [-0.2, 0) is 4.74 Å². The molecule has 0 saturated carbocycles. The van der Waals surface area contributed by atoms with Crippen LogP contribution in [0.15, 0.2) is 12.3 Å². The van der Waals surface area contributed by atoms with Crippen LogP contribution in [0.5, 0.6) is 0 Å². The van der Waals surface area contributed by atoms with Crippen LogP contribution in [0.25, 0.3) is 0 Å². The minimum atomic E-state index is 0.463. The van der Waals surface area contributed by atoms with Gasteiger partial charge in [-0.15, -0.1) is 0 Å². The molecule has 0 aliphatic heterocycles. The minimum Gasteiger partial charge on any atom is -0.384 e. The van der Waals surface area contributed by atoms with E-state index < -0.39 is 0 Å². The summed E-state index contributed by atoms with van der Waals surface area (Å²) < 4.78 is 4.84. The molecule has 0 saturated heterocycles. The maximum Gasteiger partial charge on any atom is 0.224 e. The van der Waals surface area contributed by atoms with E-state index in [-0.39, 0.29) is 0 Å². The number of aromatic nitrogens is 2. The van der Waals surface area contributed by atoms with Gasteiger partial charge in [0, 0.05) is 19.9 Å². The Balaban J connectivity index is 2.41. The van der Waals surface area contributed by atoms with Gasteiger partial charge in [0.1, 0.15) is 5.82 Å². The van der Waals surface area contributed by atoms with Gasteiger partial charge in [0.15, 0.2) is 0 Å². The maximum atomic E-state index is 5.44. The average Bonchev–Trinajstić information content (AvgIpc) is 2.05. The van der Waals surface area contributed by atoms with Crippen LogP contribution >= 0.6 is 0 Å². The van der Waals surface area contributed by atoms with Crippen molar-refractivity contribution in [3.05, 3.63) is 12.3 Å². The molecule has 1 heterocycles. The Bertz CT molecular complexity index is 241. The summed E-state index contributed by atoms with van der Waals surface area (Å²) in [5.74, 6) is 0.997. The zero-order valence-electron chi connectivity index (χ0n) is 6.95. The normalized spacial score (nSPS) is 9.75. The Morgan fingerprint density at radius 3 is 3.17 bits per heavy atom. The summed E-state index contributed by atoms with van der Waals surface area (Å²) in [4.78, 5) is 7.90. The molecule has 0 radical (unpaired) electrons. The fourth-order valence-corrected chi connectivity index (χ4v) is 0.723. The molecule has 1 aromatic rings. The van der Waals surface area contributed by atoms with Crippen LogP contribution < -0.4 is 11.1 Å². The maximum absolute atomic E-state index is 5.44. The zero-order chi connectivity index (χ0) is 8.81. The van der Waals surface area contributed by atoms with Crippen LogP contribution in [0.1, 0.15) is 0 Å². The lowest BCUT2D eigenvalue weighted by Crippen LogP contribution is -2.10. The molecule has 3 N–H and O–H groups in total. The zero-order valence-corrected chi connectivity index (χ0v) is 6.95. The van der Waals surface area contributed by atoms with E-state index in [2.05, 4.69) is 15.3 Å². The van der Waals surface area contributed by atoms with E-state index in [9.17, 15) is 0 Å². The summed E-state index contributed by atoms with van der Waals surface area (Å²) in [5, 5.41) is 2.96. The van der Waals surface area contributed by atoms with Gasteiger partial charge in [-0.2, -0.15) is 4.98 Å². The predicted octanol–water partition coefficient (Wildman–Crippen LogP) is 0.117. The quantitative estimate of drug-likeness (QED) is 0.624. The predicted molar refractivity (Wildman–Crippen MR) is 46.8 cm³/mol. The number of nitrogens with two attached hydrogens (primary N) is 1. The van der Waals surface area contributed by atoms with Gasteiger partial charge in [-0.05, 0) is 6.07 Å². The molecule has 0 fully saturated rings. The summed E-state index contributed by atoms with van der Waals surface area (Å²) in [6.45, 7) is 1.30. The van der Waals surface area contributed by atoms with E-state index in [4.69, 9.17) is 10.5 Å². The van der Waals surface area contributed by atoms with Crippen molar-refractivity contribution in [2.75, 3.05) is 31.3 Å². The highest BCUT2D eigenvalue weighted by Crippen LogP contribution is 1.99. The highest BCUT2D eigenvalue weighted by Gasteiger charge is 1.93. The van der Waals surface area contributed by atoms with Crippen molar-refractivity contribution < 1.29 is 4.74 Å². The molecular formula is C7H12N4O. The summed E-state index contributed by atoms with van der Waals surface area (Å²) in [6.07, 6.45) is 1.61. The van der Waals surface area contributed by atoms with Gasteiger partial charge >= 0.3 is 0 Å². The lowest BCUT2D eigenvalue weighted by Gasteiger charge is -2.02. The molecule has 1 rings (SSSR count). The molecule has 0 amide bonds. The smallest absolute Gasteiger partial charge is 0.224 e. The molecule has 0 bridgehead atoms. The van der Waals surface area contributed by atoms with Crippen LogP contribution in [-0.4, -0.2) is 30.2 Å². The van der Waals surface area contributed by atoms with Gasteiger partial charge < -0.3 is 15.8 Å². The molecular weight excluding hydrogens is 156 g/mol. The number of nitrogen functional groups attached to an aromatic ring is 1. The topological polar surface area (TPSA) is 73.1 Å². The Morgan fingerprint density at radius 1 is 1.67 bits per heavy atom. The molecule has 0 aliphatic carbocycles. The first-order valence-electron chi connectivity index (χ1n) is 3.64. The van der Waals surface area contributed by atoms with Crippen LogP contribution in [0.4, 0.5) is 11.8 Å². The molecule has 5 heteroatoms. The Kier molecular flexibility index (Phi) is 3.28. The lowest BCUT2D eigenvalue weighted by atomic mass is 10.6. The van der Waals surface area contributed by atoms with Crippen molar-refractivity contribution in [2.24, 2.45) is 0 Å². The van der Waals surface area contributed by atoms with Crippen molar-refractivity contribution in [2.45, 2.75) is 0 Å². The number of hydrogen-bond donors (Lipinski definition) is 2. The Labute approximate surface area is 71.0 Å². The van der Waals surface area contributed by atoms with Crippen LogP contribution in [0.2, 0.25) is 0 Å². The average molecular weight is 168 g/mol. The molecule has 12 heavy (non-hydrogen) atoms. The first-order valence-corrected chi connectivity index (χ1v) is 3.64. The molecule has 0 atom stereocenters. The van der Waals surface area contributed by atoms with Crippen LogP contribution in [0, 0.1) is 0 Å². The summed E-state index contributed by atoms with van der Waals surface area (Å²) in [6, 6.07) is 1.64. The standard InChI is InChI=1S/C7H12N4O/c1-12-5-4-10-7-9-3-2-6(8)11-7/h2-3H,4-5H2,1H3,(H3,8,9,10,11). The molecule has 1 aromatic heterocycles. The fourth-order valence-electron chi connectivity index (χ4n) is 0.723. The van der Waals surface area contributed by atoms with Crippen molar-refractivity contribution in [1.82, 2.24) is 9.97 Å². The van der Waals surface area contributed by atoms with Crippen molar-refractivity contribution in [3.8, 4) is 0 Å². The van der Waals surface area contributed by atoms with Crippen molar-refractivity contribution in [3.63, 3.8) is 0 Å². The van der Waals surface area contributed by atoms with Crippen molar-refractivity contribution in [1.29, 1.82) is 0 Å². The second kappa shape index (κ2) is 4.50. The highest BCUT2D eigenvalue weighted by molar-refractivity contribution is 5.34. The van der Waals surface area contributed by atoms with Crippen LogP contribution in [0.3, 0.4) is 0 Å². The summed E-state index contributed by atoms with van der Waals surface area (Å²) >= 11 is 0. The third kappa shape index (κ3) is 2.71. The number of ether oxygens (including phenoxy) is 1. The number of hydrogen-bond acceptors (Lipinski definition) is 5. The molecule has 0 spiro atoms. The van der Waals surface area contributed by atoms with E-state index in [0.29, 0.717) is 24.9 Å². The fraction of sp³-hybridized carbons (Fsp3) is 0.429. The Morgan fingerprint density at radius 2 is 2.50 bits per heavy atom. The molecule has 0 aliphatic rings. The summed E-state index contributed by atoms with van der Waals surface area (Å²) in [5.41, 5.74) is 5.44. The van der Waals surface area contributed by atoms with Gasteiger partial charge in [0.2, 0.25) is 5.95 Å². The second-order valence-corrected chi connectivity index (χ2v) is 2.22. The van der Waals surface area contributed by atoms with E-state index >= 15 is 0 Å². The minimum absolute atomic E-state index is 0.463. The lowest BCUT2D eigenvalue weighted by molar-refractivity contribution is 0.210. The van der Waals surface area contributed by atoms with Gasteiger partial charge in [-0.25, -0.2) is 4.98 Å². The largest absolute Gasteiger partial charge is 0.384 e. The molecule has 0 unspecified atom stereocenters. The molecule has 66 valence electrons. The highest BCUT2D eigenvalue weighted by atomic mass is 16.5. The van der Waals surface area contributed by atoms with Gasteiger partial charge in [-0.1, -0.05) is 0 Å². The third-order valence-corrected chi connectivity index (χ3v) is 1.27. The van der Waals surface area contributed by atoms with E-state index in [1.165, 1.54) is 0 Å². The Hall–Kier alpha value is -1.36. The number of rotatable bonds is 4. The first kappa shape index (κ1) is 8.73. The SMILES string of the molecule is COCCNc1nccc(N)n1. The number of nitrogens with one attached hydrogen (secondary N) is 1. The van der Waals surface area contributed by atoms with Gasteiger partial charge in [-0.3, -0.25) is 0 Å².